The third kappa shape index (κ3) is 5.32. The van der Waals surface area contributed by atoms with Gasteiger partial charge in [-0.2, -0.15) is 0 Å². The predicted octanol–water partition coefficient (Wildman–Crippen LogP) is 3.98. The van der Waals surface area contributed by atoms with E-state index in [1.165, 1.54) is 11.8 Å². The molecule has 1 rings (SSSR count). The van der Waals surface area contributed by atoms with Crippen LogP contribution in [0.3, 0.4) is 0 Å². The fourth-order valence-corrected chi connectivity index (χ4v) is 2.66. The molecule has 0 saturated heterocycles. The fraction of sp³-hybridized carbons (Fsp3) is 0.500. The Morgan fingerprint density at radius 1 is 1.33 bits per heavy atom. The lowest BCUT2D eigenvalue weighted by atomic mass is 10.0. The van der Waals surface area contributed by atoms with E-state index in [4.69, 9.17) is 11.6 Å². The van der Waals surface area contributed by atoms with Gasteiger partial charge in [0.2, 0.25) is 5.91 Å². The van der Waals surface area contributed by atoms with Gasteiger partial charge in [0, 0.05) is 11.4 Å². The first-order valence-corrected chi connectivity index (χ1v) is 7.67. The van der Waals surface area contributed by atoms with E-state index >= 15 is 0 Å². The molecule has 1 N–H and O–H groups in total. The molecule has 1 amide bonds. The Balaban J connectivity index is 2.31. The number of benzene rings is 1. The standard InChI is InChI=1S/C14H20ClNOS/c1-3-11(4-2)9-16-14(17)10-18-13-8-6-5-7-12(13)15/h5-8,11H,3-4,9-10H2,1-2H3,(H,16,17). The number of hydrogen-bond donors (Lipinski definition) is 1. The number of amides is 1. The maximum Gasteiger partial charge on any atom is 0.230 e. The number of carbonyl (C=O) groups is 1. The van der Waals surface area contributed by atoms with Gasteiger partial charge < -0.3 is 5.32 Å². The second-order valence-corrected chi connectivity index (χ2v) is 5.63. The van der Waals surface area contributed by atoms with Crippen LogP contribution >= 0.6 is 23.4 Å². The molecule has 0 aromatic heterocycles. The molecule has 0 saturated carbocycles. The Hall–Kier alpha value is -0.670. The van der Waals surface area contributed by atoms with Gasteiger partial charge >= 0.3 is 0 Å². The highest BCUT2D eigenvalue weighted by Gasteiger charge is 2.08. The minimum Gasteiger partial charge on any atom is -0.355 e. The van der Waals surface area contributed by atoms with Crippen molar-refractivity contribution in [1.29, 1.82) is 0 Å². The molecular formula is C14H20ClNOS. The first-order valence-electron chi connectivity index (χ1n) is 6.31. The van der Waals surface area contributed by atoms with Crippen molar-refractivity contribution >= 4 is 29.3 Å². The predicted molar refractivity (Wildman–Crippen MR) is 79.3 cm³/mol. The molecule has 0 aliphatic carbocycles. The lowest BCUT2D eigenvalue weighted by molar-refractivity contribution is -0.118. The SMILES string of the molecule is CCC(CC)CNC(=O)CSc1ccccc1Cl. The third-order valence-corrected chi connectivity index (χ3v) is 4.45. The molecule has 1 aromatic carbocycles. The van der Waals surface area contributed by atoms with Crippen LogP contribution in [0.15, 0.2) is 29.2 Å². The van der Waals surface area contributed by atoms with Crippen LogP contribution in [-0.2, 0) is 4.79 Å². The number of nitrogens with one attached hydrogen (secondary N) is 1. The molecule has 0 spiro atoms. The van der Waals surface area contributed by atoms with E-state index in [-0.39, 0.29) is 5.91 Å². The van der Waals surface area contributed by atoms with E-state index in [0.717, 1.165) is 24.3 Å². The van der Waals surface area contributed by atoms with Crippen molar-refractivity contribution in [3.05, 3.63) is 29.3 Å². The molecule has 0 radical (unpaired) electrons. The summed E-state index contributed by atoms with van der Waals surface area (Å²) < 4.78 is 0. The van der Waals surface area contributed by atoms with E-state index in [9.17, 15) is 4.79 Å². The van der Waals surface area contributed by atoms with Crippen LogP contribution in [-0.4, -0.2) is 18.2 Å². The van der Waals surface area contributed by atoms with Crippen LogP contribution in [0.5, 0.6) is 0 Å². The molecule has 0 heterocycles. The number of hydrogen-bond acceptors (Lipinski definition) is 2. The van der Waals surface area contributed by atoms with Crippen molar-refractivity contribution in [3.8, 4) is 0 Å². The molecule has 100 valence electrons. The molecule has 0 fully saturated rings. The average Bonchev–Trinajstić information content (AvgIpc) is 2.39. The largest absolute Gasteiger partial charge is 0.355 e. The second kappa shape index (κ2) is 8.44. The van der Waals surface area contributed by atoms with E-state index in [1.807, 2.05) is 24.3 Å². The van der Waals surface area contributed by atoms with E-state index in [2.05, 4.69) is 19.2 Å². The van der Waals surface area contributed by atoms with Gasteiger partial charge in [-0.1, -0.05) is 50.4 Å². The molecule has 4 heteroatoms. The Labute approximate surface area is 118 Å². The second-order valence-electron chi connectivity index (χ2n) is 4.21. The Bertz CT molecular complexity index is 380. The third-order valence-electron chi connectivity index (χ3n) is 2.94. The maximum atomic E-state index is 11.7. The van der Waals surface area contributed by atoms with Gasteiger partial charge in [-0.3, -0.25) is 4.79 Å². The highest BCUT2D eigenvalue weighted by atomic mass is 35.5. The summed E-state index contributed by atoms with van der Waals surface area (Å²) in [6.07, 6.45) is 2.21. The summed E-state index contributed by atoms with van der Waals surface area (Å²) >= 11 is 7.51. The van der Waals surface area contributed by atoms with E-state index in [1.54, 1.807) is 0 Å². The summed E-state index contributed by atoms with van der Waals surface area (Å²) in [7, 11) is 0. The van der Waals surface area contributed by atoms with Crippen molar-refractivity contribution in [2.75, 3.05) is 12.3 Å². The van der Waals surface area contributed by atoms with Gasteiger partial charge in [-0.05, 0) is 18.1 Å². The lowest BCUT2D eigenvalue weighted by Crippen LogP contribution is -2.30. The van der Waals surface area contributed by atoms with Crippen LogP contribution in [0.4, 0.5) is 0 Å². The first-order chi connectivity index (χ1) is 8.67. The summed E-state index contributed by atoms with van der Waals surface area (Å²) in [6, 6.07) is 7.59. The van der Waals surface area contributed by atoms with Gasteiger partial charge in [0.15, 0.2) is 0 Å². The van der Waals surface area contributed by atoms with Crippen molar-refractivity contribution in [1.82, 2.24) is 5.32 Å². The zero-order chi connectivity index (χ0) is 13.4. The molecule has 2 nitrogen and oxygen atoms in total. The smallest absolute Gasteiger partial charge is 0.230 e. The van der Waals surface area contributed by atoms with Gasteiger partial charge in [-0.15, -0.1) is 11.8 Å². The Kier molecular flexibility index (Phi) is 7.21. The number of carbonyl (C=O) groups excluding carboxylic acids is 1. The topological polar surface area (TPSA) is 29.1 Å². The van der Waals surface area contributed by atoms with Crippen LogP contribution in [0.2, 0.25) is 5.02 Å². The van der Waals surface area contributed by atoms with Gasteiger partial charge in [0.25, 0.3) is 0 Å². The summed E-state index contributed by atoms with van der Waals surface area (Å²) in [4.78, 5) is 12.6. The Morgan fingerprint density at radius 3 is 2.61 bits per heavy atom. The summed E-state index contributed by atoms with van der Waals surface area (Å²) in [5, 5.41) is 3.68. The molecule has 0 atom stereocenters. The highest BCUT2D eigenvalue weighted by molar-refractivity contribution is 8.00. The Morgan fingerprint density at radius 2 is 2.00 bits per heavy atom. The number of rotatable bonds is 7. The van der Waals surface area contributed by atoms with E-state index in [0.29, 0.717) is 16.7 Å². The molecule has 1 aromatic rings. The first kappa shape index (κ1) is 15.4. The molecular weight excluding hydrogens is 266 g/mol. The zero-order valence-electron chi connectivity index (χ0n) is 10.9. The zero-order valence-corrected chi connectivity index (χ0v) is 12.5. The van der Waals surface area contributed by atoms with E-state index < -0.39 is 0 Å². The van der Waals surface area contributed by atoms with Gasteiger partial charge in [-0.25, -0.2) is 0 Å². The van der Waals surface area contributed by atoms with Crippen molar-refractivity contribution < 1.29 is 4.79 Å². The van der Waals surface area contributed by atoms with Gasteiger partial charge in [0.05, 0.1) is 10.8 Å². The van der Waals surface area contributed by atoms with Crippen LogP contribution in [0.1, 0.15) is 26.7 Å². The average molecular weight is 286 g/mol. The highest BCUT2D eigenvalue weighted by Crippen LogP contribution is 2.26. The van der Waals surface area contributed by atoms with Crippen molar-refractivity contribution in [3.63, 3.8) is 0 Å². The number of halogens is 1. The molecule has 0 aliphatic heterocycles. The quantitative estimate of drug-likeness (QED) is 0.768. The summed E-state index contributed by atoms with van der Waals surface area (Å²) in [6.45, 7) is 5.08. The summed E-state index contributed by atoms with van der Waals surface area (Å²) in [5.41, 5.74) is 0. The van der Waals surface area contributed by atoms with Gasteiger partial charge in [0.1, 0.15) is 0 Å². The monoisotopic (exact) mass is 285 g/mol. The minimum absolute atomic E-state index is 0.0758. The molecule has 0 aliphatic rings. The normalized spacial score (nSPS) is 10.7. The summed E-state index contributed by atoms with van der Waals surface area (Å²) in [5.74, 6) is 1.08. The van der Waals surface area contributed by atoms with Crippen LogP contribution < -0.4 is 5.32 Å². The maximum absolute atomic E-state index is 11.7. The minimum atomic E-state index is 0.0758. The van der Waals surface area contributed by atoms with Crippen molar-refractivity contribution in [2.45, 2.75) is 31.6 Å². The van der Waals surface area contributed by atoms with Crippen molar-refractivity contribution in [2.24, 2.45) is 5.92 Å². The number of thioether (sulfide) groups is 1. The van der Waals surface area contributed by atoms with Crippen LogP contribution in [0, 0.1) is 5.92 Å². The molecule has 18 heavy (non-hydrogen) atoms. The fourth-order valence-electron chi connectivity index (χ4n) is 1.59. The van der Waals surface area contributed by atoms with Crippen LogP contribution in [0.25, 0.3) is 0 Å². The molecule has 0 bridgehead atoms. The molecule has 0 unspecified atom stereocenters. The lowest BCUT2D eigenvalue weighted by Gasteiger charge is -2.13.